The van der Waals surface area contributed by atoms with Crippen molar-refractivity contribution in [3.8, 4) is 28.7 Å². The van der Waals surface area contributed by atoms with Crippen molar-refractivity contribution in [2.24, 2.45) is 0 Å². The van der Waals surface area contributed by atoms with Gasteiger partial charge in [0.15, 0.2) is 22.7 Å². The van der Waals surface area contributed by atoms with Crippen LogP contribution in [0.15, 0.2) is 36.4 Å². The van der Waals surface area contributed by atoms with E-state index in [0.29, 0.717) is 47.8 Å². The Morgan fingerprint density at radius 1 is 0.974 bits per heavy atom. The first kappa shape index (κ1) is 27.4. The van der Waals surface area contributed by atoms with E-state index in [9.17, 15) is 4.79 Å². The largest absolute Gasteiger partial charge is 0.497 e. The standard InChI is InChI=1S/C27H35N3O7S/c1-32-20-5-7-21(8-6-20)36-17-22-16-30(27(31)37-22)19-9-11-29(12-10-19)26(38)28-15-18-13-23(33-2)25(35-4)24(14-18)34-3/h5-8,13-14,19,22H,9-12,15-17H2,1-4H3,(H,28,38). The molecule has 2 aliphatic rings. The fraction of sp³-hybridized carbons (Fsp3) is 0.481. The number of piperidine rings is 1. The molecule has 1 N–H and O–H groups in total. The number of carbonyl (C=O) groups excluding carboxylic acids is 1. The third-order valence-electron chi connectivity index (χ3n) is 6.76. The molecule has 2 heterocycles. The topological polar surface area (TPSA) is 91.0 Å². The maximum atomic E-state index is 12.6. The monoisotopic (exact) mass is 545 g/mol. The molecule has 0 aromatic heterocycles. The van der Waals surface area contributed by atoms with E-state index >= 15 is 0 Å². The maximum absolute atomic E-state index is 12.6. The van der Waals surface area contributed by atoms with Gasteiger partial charge < -0.3 is 43.5 Å². The second-order valence-corrected chi connectivity index (χ2v) is 9.44. The summed E-state index contributed by atoms with van der Waals surface area (Å²) in [5.74, 6) is 3.22. The molecule has 38 heavy (non-hydrogen) atoms. The summed E-state index contributed by atoms with van der Waals surface area (Å²) in [6, 6.07) is 11.2. The number of amides is 1. The van der Waals surface area contributed by atoms with Crippen molar-refractivity contribution in [1.82, 2.24) is 15.1 Å². The van der Waals surface area contributed by atoms with Gasteiger partial charge in [-0.1, -0.05) is 0 Å². The van der Waals surface area contributed by atoms with Crippen LogP contribution in [0, 0.1) is 0 Å². The summed E-state index contributed by atoms with van der Waals surface area (Å²) < 4.78 is 32.8. The van der Waals surface area contributed by atoms with Crippen LogP contribution in [0.25, 0.3) is 0 Å². The first-order valence-corrected chi connectivity index (χ1v) is 12.9. The fourth-order valence-electron chi connectivity index (χ4n) is 4.70. The van der Waals surface area contributed by atoms with Crippen molar-refractivity contribution in [2.75, 3.05) is 54.7 Å². The van der Waals surface area contributed by atoms with Crippen LogP contribution in [0.5, 0.6) is 28.7 Å². The van der Waals surface area contributed by atoms with E-state index in [1.807, 2.05) is 41.3 Å². The van der Waals surface area contributed by atoms with Gasteiger partial charge in [0.2, 0.25) is 5.75 Å². The Labute approximate surface area is 228 Å². The summed E-state index contributed by atoms with van der Waals surface area (Å²) in [6.45, 7) is 2.85. The number of methoxy groups -OCH3 is 4. The Morgan fingerprint density at radius 2 is 1.61 bits per heavy atom. The molecule has 0 radical (unpaired) electrons. The van der Waals surface area contributed by atoms with Crippen molar-refractivity contribution >= 4 is 23.4 Å². The summed E-state index contributed by atoms with van der Waals surface area (Å²) in [7, 11) is 6.38. The van der Waals surface area contributed by atoms with E-state index in [2.05, 4.69) is 10.2 Å². The molecule has 1 atom stereocenters. The number of likely N-dealkylation sites (tertiary alicyclic amines) is 1. The molecule has 206 valence electrons. The van der Waals surface area contributed by atoms with Gasteiger partial charge in [-0.2, -0.15) is 0 Å². The van der Waals surface area contributed by atoms with Crippen LogP contribution in [-0.4, -0.2) is 87.8 Å². The number of thiocarbonyl (C=S) groups is 1. The van der Waals surface area contributed by atoms with Gasteiger partial charge in [0.1, 0.15) is 18.1 Å². The van der Waals surface area contributed by atoms with Gasteiger partial charge in [-0.05, 0) is 67.0 Å². The number of ether oxygens (including phenoxy) is 6. The molecule has 4 rings (SSSR count). The van der Waals surface area contributed by atoms with Crippen LogP contribution in [0.2, 0.25) is 0 Å². The van der Waals surface area contributed by atoms with Gasteiger partial charge in [-0.3, -0.25) is 0 Å². The molecule has 1 unspecified atom stereocenters. The zero-order valence-electron chi connectivity index (χ0n) is 22.2. The zero-order chi connectivity index (χ0) is 27.1. The third kappa shape index (κ3) is 6.45. The average molecular weight is 546 g/mol. The van der Waals surface area contributed by atoms with Crippen LogP contribution in [0.1, 0.15) is 18.4 Å². The molecule has 0 saturated carbocycles. The molecule has 2 aliphatic heterocycles. The molecule has 11 heteroatoms. The highest BCUT2D eigenvalue weighted by atomic mass is 32.1. The van der Waals surface area contributed by atoms with Crippen molar-refractivity contribution in [2.45, 2.75) is 31.5 Å². The SMILES string of the molecule is COc1ccc(OCC2CN(C3CCN(C(=S)NCc4cc(OC)c(OC)c(OC)c4)CC3)C(=O)O2)cc1. The predicted octanol–water partition coefficient (Wildman–Crippen LogP) is 3.46. The number of nitrogens with one attached hydrogen (secondary N) is 1. The number of hydrogen-bond donors (Lipinski definition) is 1. The van der Waals surface area contributed by atoms with E-state index in [4.69, 9.17) is 40.6 Å². The lowest BCUT2D eigenvalue weighted by Gasteiger charge is -2.37. The van der Waals surface area contributed by atoms with E-state index in [1.165, 1.54) is 0 Å². The van der Waals surface area contributed by atoms with E-state index < -0.39 is 0 Å². The molecular formula is C27H35N3O7S. The smallest absolute Gasteiger partial charge is 0.410 e. The van der Waals surface area contributed by atoms with Crippen molar-refractivity contribution in [1.29, 1.82) is 0 Å². The Morgan fingerprint density at radius 3 is 2.18 bits per heavy atom. The highest BCUT2D eigenvalue weighted by Gasteiger charge is 2.38. The van der Waals surface area contributed by atoms with Crippen molar-refractivity contribution in [3.05, 3.63) is 42.0 Å². The van der Waals surface area contributed by atoms with Crippen LogP contribution in [0.4, 0.5) is 4.79 Å². The summed E-state index contributed by atoms with van der Waals surface area (Å²) in [4.78, 5) is 16.5. The predicted molar refractivity (Wildman–Crippen MR) is 146 cm³/mol. The van der Waals surface area contributed by atoms with Crippen molar-refractivity contribution < 1.29 is 33.2 Å². The molecule has 2 aromatic carbocycles. The number of hydrogen-bond acceptors (Lipinski definition) is 8. The molecule has 2 fully saturated rings. The Bertz CT molecular complexity index is 1080. The molecule has 0 bridgehead atoms. The van der Waals surface area contributed by atoms with Crippen LogP contribution in [0.3, 0.4) is 0 Å². The minimum Gasteiger partial charge on any atom is -0.497 e. The van der Waals surface area contributed by atoms with Crippen LogP contribution < -0.4 is 29.0 Å². The number of benzene rings is 2. The summed E-state index contributed by atoms with van der Waals surface area (Å²) in [6.07, 6.45) is 1.04. The van der Waals surface area contributed by atoms with Gasteiger partial charge in [0.05, 0.1) is 35.0 Å². The quantitative estimate of drug-likeness (QED) is 0.448. The summed E-state index contributed by atoms with van der Waals surface area (Å²) in [5, 5.41) is 4.00. The zero-order valence-corrected chi connectivity index (χ0v) is 23.0. The lowest BCUT2D eigenvalue weighted by molar-refractivity contribution is 0.0997. The number of cyclic esters (lactones) is 1. The van der Waals surface area contributed by atoms with E-state index in [-0.39, 0.29) is 18.2 Å². The Hall–Kier alpha value is -3.60. The van der Waals surface area contributed by atoms with Crippen molar-refractivity contribution in [3.63, 3.8) is 0 Å². The summed E-state index contributed by atoms with van der Waals surface area (Å²) >= 11 is 5.65. The number of nitrogens with zero attached hydrogens (tertiary/aromatic N) is 2. The van der Waals surface area contributed by atoms with Gasteiger partial charge in [0.25, 0.3) is 0 Å². The van der Waals surface area contributed by atoms with E-state index in [1.54, 1.807) is 28.4 Å². The molecular weight excluding hydrogens is 510 g/mol. The highest BCUT2D eigenvalue weighted by Crippen LogP contribution is 2.38. The Kier molecular flexibility index (Phi) is 9.22. The molecule has 2 aromatic rings. The number of carbonyl (C=O) groups is 1. The molecule has 0 spiro atoms. The maximum Gasteiger partial charge on any atom is 0.410 e. The van der Waals surface area contributed by atoms with E-state index in [0.717, 1.165) is 37.2 Å². The second-order valence-electron chi connectivity index (χ2n) is 9.06. The average Bonchev–Trinajstić information content (AvgIpc) is 3.34. The summed E-state index contributed by atoms with van der Waals surface area (Å²) in [5.41, 5.74) is 0.958. The first-order valence-electron chi connectivity index (χ1n) is 12.5. The minimum atomic E-state index is -0.302. The van der Waals surface area contributed by atoms with Crippen LogP contribution in [-0.2, 0) is 11.3 Å². The first-order chi connectivity index (χ1) is 18.4. The van der Waals surface area contributed by atoms with Crippen LogP contribution >= 0.6 is 12.2 Å². The molecule has 2 saturated heterocycles. The number of rotatable bonds is 10. The second kappa shape index (κ2) is 12.8. The normalized spacial score (nSPS) is 17.6. The Balaban J connectivity index is 1.23. The van der Waals surface area contributed by atoms with Gasteiger partial charge >= 0.3 is 6.09 Å². The minimum absolute atomic E-state index is 0.114. The molecule has 0 aliphatic carbocycles. The van der Waals surface area contributed by atoms with Gasteiger partial charge in [-0.15, -0.1) is 0 Å². The van der Waals surface area contributed by atoms with Gasteiger partial charge in [-0.25, -0.2) is 4.79 Å². The lowest BCUT2D eigenvalue weighted by atomic mass is 10.0. The van der Waals surface area contributed by atoms with Gasteiger partial charge in [0, 0.05) is 25.7 Å². The fourth-order valence-corrected chi connectivity index (χ4v) is 4.95. The lowest BCUT2D eigenvalue weighted by Crippen LogP contribution is -2.49. The third-order valence-corrected chi connectivity index (χ3v) is 7.16. The highest BCUT2D eigenvalue weighted by molar-refractivity contribution is 7.80. The molecule has 10 nitrogen and oxygen atoms in total. The molecule has 1 amide bonds.